The fraction of sp³-hybridized carbons (Fsp3) is 0.462. The highest BCUT2D eigenvalue weighted by atomic mass is 32.2. The molecule has 0 fully saturated rings. The van der Waals surface area contributed by atoms with Crippen molar-refractivity contribution in [1.29, 1.82) is 0 Å². The number of sulfonamides is 1. The second-order valence-electron chi connectivity index (χ2n) is 5.26. The number of aliphatic hydroxyl groups is 1. The van der Waals surface area contributed by atoms with Gasteiger partial charge in [-0.1, -0.05) is 12.1 Å². The number of benzene rings is 1. The predicted molar refractivity (Wildman–Crippen MR) is 74.9 cm³/mol. The molecule has 0 amide bonds. The summed E-state index contributed by atoms with van der Waals surface area (Å²) in [5, 5.41) is 18.3. The number of carbonyl (C=O) groups is 1. The molecule has 6 nitrogen and oxygen atoms in total. The average molecular weight is 301 g/mol. The summed E-state index contributed by atoms with van der Waals surface area (Å²) in [5.41, 5.74) is -0.396. The summed E-state index contributed by atoms with van der Waals surface area (Å²) in [6.07, 6.45) is -0.841. The zero-order chi connectivity index (χ0) is 15.6. The van der Waals surface area contributed by atoms with Crippen molar-refractivity contribution in [2.24, 2.45) is 0 Å². The van der Waals surface area contributed by atoms with E-state index in [1.165, 1.54) is 31.2 Å². The summed E-state index contributed by atoms with van der Waals surface area (Å²) < 4.78 is 26.4. The number of aromatic carboxylic acids is 1. The number of carboxylic acids is 1. The Morgan fingerprint density at radius 2 is 1.80 bits per heavy atom. The maximum atomic E-state index is 12.0. The van der Waals surface area contributed by atoms with E-state index < -0.39 is 27.6 Å². The maximum absolute atomic E-state index is 12.0. The first-order valence-electron chi connectivity index (χ1n) is 6.05. The van der Waals surface area contributed by atoms with Gasteiger partial charge in [0.1, 0.15) is 0 Å². The zero-order valence-electron chi connectivity index (χ0n) is 11.6. The van der Waals surface area contributed by atoms with Crippen molar-refractivity contribution >= 4 is 16.0 Å². The highest BCUT2D eigenvalue weighted by Crippen LogP contribution is 2.14. The highest BCUT2D eigenvalue weighted by molar-refractivity contribution is 7.88. The fourth-order valence-electron chi connectivity index (χ4n) is 1.49. The van der Waals surface area contributed by atoms with Crippen molar-refractivity contribution < 1.29 is 23.4 Å². The van der Waals surface area contributed by atoms with Gasteiger partial charge in [-0.15, -0.1) is 0 Å². The molecule has 0 aliphatic rings. The molecule has 1 aromatic rings. The van der Waals surface area contributed by atoms with Gasteiger partial charge >= 0.3 is 5.97 Å². The number of carboxylic acid groups (broad SMARTS) is 1. The number of rotatable bonds is 6. The van der Waals surface area contributed by atoms with Gasteiger partial charge in [0, 0.05) is 0 Å². The number of nitrogens with one attached hydrogen (secondary N) is 1. The summed E-state index contributed by atoms with van der Waals surface area (Å²) in [6.45, 7) is 4.68. The monoisotopic (exact) mass is 301 g/mol. The molecule has 0 aliphatic carbocycles. The molecule has 1 atom stereocenters. The Morgan fingerprint density at radius 3 is 2.20 bits per heavy atom. The molecule has 0 heterocycles. The molecule has 0 aromatic heterocycles. The van der Waals surface area contributed by atoms with E-state index in [2.05, 4.69) is 4.72 Å². The lowest BCUT2D eigenvalue weighted by molar-refractivity contribution is 0.0697. The first kappa shape index (κ1) is 16.6. The smallest absolute Gasteiger partial charge is 0.335 e. The first-order valence-corrected chi connectivity index (χ1v) is 7.71. The standard InChI is InChI=1S/C13H19NO5S/c1-9(15)13(2,3)14-20(18,19)8-10-4-6-11(7-5-10)12(16)17/h4-7,9,14-15H,8H2,1-3H3,(H,16,17). The molecule has 112 valence electrons. The normalized spacial score (nSPS) is 14.0. The molecular weight excluding hydrogens is 282 g/mol. The molecule has 0 radical (unpaired) electrons. The summed E-state index contributed by atoms with van der Waals surface area (Å²) in [6, 6.07) is 5.62. The highest BCUT2D eigenvalue weighted by Gasteiger charge is 2.29. The molecule has 1 unspecified atom stereocenters. The lowest BCUT2D eigenvalue weighted by Gasteiger charge is -2.28. The molecule has 1 rings (SSSR count). The number of hydrogen-bond donors (Lipinski definition) is 3. The van der Waals surface area contributed by atoms with E-state index in [0.717, 1.165) is 0 Å². The molecule has 0 bridgehead atoms. The summed E-state index contributed by atoms with van der Waals surface area (Å²) >= 11 is 0. The average Bonchev–Trinajstić information content (AvgIpc) is 2.27. The minimum absolute atomic E-state index is 0.100. The maximum Gasteiger partial charge on any atom is 0.335 e. The van der Waals surface area contributed by atoms with Gasteiger partial charge in [-0.05, 0) is 38.5 Å². The molecule has 0 saturated carbocycles. The van der Waals surface area contributed by atoms with Crippen LogP contribution in [0.5, 0.6) is 0 Å². The minimum atomic E-state index is -3.63. The molecule has 1 aromatic carbocycles. The van der Waals surface area contributed by atoms with E-state index in [9.17, 15) is 18.3 Å². The largest absolute Gasteiger partial charge is 0.478 e. The van der Waals surface area contributed by atoms with Crippen LogP contribution in [0.1, 0.15) is 36.7 Å². The molecular formula is C13H19NO5S. The van der Waals surface area contributed by atoms with Gasteiger partial charge in [0.25, 0.3) is 0 Å². The van der Waals surface area contributed by atoms with Crippen LogP contribution in [0.15, 0.2) is 24.3 Å². The Kier molecular flexibility index (Phi) is 4.90. The van der Waals surface area contributed by atoms with Crippen molar-refractivity contribution in [1.82, 2.24) is 4.72 Å². The van der Waals surface area contributed by atoms with E-state index in [1.807, 2.05) is 0 Å². The predicted octanol–water partition coefficient (Wildman–Crippen LogP) is 0.964. The first-order chi connectivity index (χ1) is 9.03. The number of aliphatic hydroxyl groups excluding tert-OH is 1. The van der Waals surface area contributed by atoms with Crippen LogP contribution in [0.4, 0.5) is 0 Å². The third kappa shape index (κ3) is 4.59. The molecule has 20 heavy (non-hydrogen) atoms. The molecule has 0 spiro atoms. The Morgan fingerprint density at radius 1 is 1.30 bits per heavy atom. The number of hydrogen-bond acceptors (Lipinski definition) is 4. The van der Waals surface area contributed by atoms with E-state index in [1.54, 1.807) is 13.8 Å². The SMILES string of the molecule is CC(O)C(C)(C)NS(=O)(=O)Cc1ccc(C(=O)O)cc1. The molecule has 7 heteroatoms. The van der Waals surface area contributed by atoms with E-state index in [4.69, 9.17) is 5.11 Å². The molecule has 0 aliphatic heterocycles. The molecule has 3 N–H and O–H groups in total. The Balaban J connectivity index is 2.84. The summed E-state index contributed by atoms with van der Waals surface area (Å²) in [4.78, 5) is 10.7. The van der Waals surface area contributed by atoms with Crippen LogP contribution in [-0.4, -0.2) is 36.2 Å². The van der Waals surface area contributed by atoms with Gasteiger partial charge in [0.15, 0.2) is 0 Å². The van der Waals surface area contributed by atoms with E-state index in [-0.39, 0.29) is 11.3 Å². The molecule has 0 saturated heterocycles. The van der Waals surface area contributed by atoms with Crippen LogP contribution in [0, 0.1) is 0 Å². The van der Waals surface area contributed by atoms with Crippen molar-refractivity contribution in [3.63, 3.8) is 0 Å². The van der Waals surface area contributed by atoms with Crippen LogP contribution in [0.3, 0.4) is 0 Å². The van der Waals surface area contributed by atoms with Gasteiger partial charge in [-0.25, -0.2) is 17.9 Å². The van der Waals surface area contributed by atoms with Crippen molar-refractivity contribution in [3.8, 4) is 0 Å². The second-order valence-corrected chi connectivity index (χ2v) is 6.98. The summed E-state index contributed by atoms with van der Waals surface area (Å²) in [7, 11) is -3.63. The third-order valence-corrected chi connectivity index (χ3v) is 4.57. The van der Waals surface area contributed by atoms with E-state index in [0.29, 0.717) is 5.56 Å². The lowest BCUT2D eigenvalue weighted by Crippen LogP contribution is -2.51. The van der Waals surface area contributed by atoms with Crippen LogP contribution in [-0.2, 0) is 15.8 Å². The minimum Gasteiger partial charge on any atom is -0.478 e. The Bertz CT molecular complexity index is 575. The summed E-state index contributed by atoms with van der Waals surface area (Å²) in [5.74, 6) is -1.34. The van der Waals surface area contributed by atoms with Crippen molar-refractivity contribution in [2.45, 2.75) is 38.2 Å². The van der Waals surface area contributed by atoms with Gasteiger partial charge in [-0.2, -0.15) is 0 Å². The zero-order valence-corrected chi connectivity index (χ0v) is 12.4. The quantitative estimate of drug-likeness (QED) is 0.726. The second kappa shape index (κ2) is 5.90. The van der Waals surface area contributed by atoms with Gasteiger partial charge in [-0.3, -0.25) is 0 Å². The van der Waals surface area contributed by atoms with Crippen molar-refractivity contribution in [2.75, 3.05) is 0 Å². The van der Waals surface area contributed by atoms with Crippen LogP contribution >= 0.6 is 0 Å². The van der Waals surface area contributed by atoms with E-state index >= 15 is 0 Å². The van der Waals surface area contributed by atoms with Gasteiger partial charge in [0.2, 0.25) is 10.0 Å². The van der Waals surface area contributed by atoms with Crippen LogP contribution in [0.2, 0.25) is 0 Å². The van der Waals surface area contributed by atoms with Gasteiger partial charge < -0.3 is 10.2 Å². The van der Waals surface area contributed by atoms with Crippen LogP contribution in [0.25, 0.3) is 0 Å². The van der Waals surface area contributed by atoms with Gasteiger partial charge in [0.05, 0.1) is 23.0 Å². The third-order valence-electron chi connectivity index (χ3n) is 3.02. The van der Waals surface area contributed by atoms with Crippen LogP contribution < -0.4 is 4.72 Å². The topological polar surface area (TPSA) is 104 Å². The van der Waals surface area contributed by atoms with Crippen molar-refractivity contribution in [3.05, 3.63) is 35.4 Å². The Labute approximate surface area is 118 Å². The fourth-order valence-corrected chi connectivity index (χ4v) is 3.16. The Hall–Kier alpha value is -1.44. The lowest BCUT2D eigenvalue weighted by atomic mass is 10.0.